The van der Waals surface area contributed by atoms with Gasteiger partial charge in [0.05, 0.1) is 6.10 Å². The van der Waals surface area contributed by atoms with E-state index in [0.29, 0.717) is 31.0 Å². The molecule has 196 valence electrons. The summed E-state index contributed by atoms with van der Waals surface area (Å²) in [5, 5.41) is 3.53. The van der Waals surface area contributed by atoms with Gasteiger partial charge in [-0.15, -0.1) is 0 Å². The number of benzene rings is 1. The molecule has 1 aromatic heterocycles. The van der Waals surface area contributed by atoms with Crippen LogP contribution in [0.4, 0.5) is 4.79 Å². The summed E-state index contributed by atoms with van der Waals surface area (Å²) in [4.78, 5) is 41.0. The molecule has 0 saturated carbocycles. The van der Waals surface area contributed by atoms with Gasteiger partial charge in [-0.3, -0.25) is 19.2 Å². The summed E-state index contributed by atoms with van der Waals surface area (Å²) < 4.78 is 18.3. The fourth-order valence-electron chi connectivity index (χ4n) is 4.87. The maximum atomic E-state index is 12.5. The standard InChI is InChI=1S/C26H36N4O6/c1-3-21-22(14-23(35-21)30-15-18(2)24(31)28-25(30)32)36-26(33)34-13-12-29(17-20-10-7-11-27-20)16-19-8-5-4-6-9-19/h4-6,8-9,15,20-23,27H,3,7,10-14,16-17H2,1-2H3,(H,28,31,32)/t20?,21-,22?,23-/m1/s1. The van der Waals surface area contributed by atoms with Crippen LogP contribution in [-0.2, 0) is 20.8 Å². The van der Waals surface area contributed by atoms with Crippen LogP contribution in [0.3, 0.4) is 0 Å². The lowest BCUT2D eigenvalue weighted by Gasteiger charge is -2.25. The van der Waals surface area contributed by atoms with Crippen molar-refractivity contribution < 1.29 is 19.0 Å². The Morgan fingerprint density at radius 3 is 2.78 bits per heavy atom. The summed E-state index contributed by atoms with van der Waals surface area (Å²) in [6.45, 7) is 7.06. The van der Waals surface area contributed by atoms with E-state index in [4.69, 9.17) is 14.2 Å². The zero-order valence-corrected chi connectivity index (χ0v) is 21.0. The van der Waals surface area contributed by atoms with E-state index in [0.717, 1.165) is 26.1 Å². The molecule has 2 N–H and O–H groups in total. The second kappa shape index (κ2) is 12.3. The highest BCUT2D eigenvalue weighted by molar-refractivity contribution is 5.60. The van der Waals surface area contributed by atoms with Gasteiger partial charge in [0.2, 0.25) is 0 Å². The van der Waals surface area contributed by atoms with Gasteiger partial charge in [0, 0.05) is 43.9 Å². The Kier molecular flexibility index (Phi) is 8.95. The largest absolute Gasteiger partial charge is 0.508 e. The highest BCUT2D eigenvalue weighted by Gasteiger charge is 2.38. The number of H-pyrrole nitrogens is 1. The molecule has 2 unspecified atom stereocenters. The van der Waals surface area contributed by atoms with Crippen molar-refractivity contribution >= 4 is 6.16 Å². The molecule has 36 heavy (non-hydrogen) atoms. The van der Waals surface area contributed by atoms with E-state index < -0.39 is 29.7 Å². The molecule has 0 radical (unpaired) electrons. The number of ether oxygens (including phenoxy) is 3. The first kappa shape index (κ1) is 26.1. The van der Waals surface area contributed by atoms with Crippen LogP contribution in [0, 0.1) is 6.92 Å². The molecule has 0 amide bonds. The van der Waals surface area contributed by atoms with Crippen LogP contribution in [0.1, 0.15) is 50.0 Å². The number of nitrogens with zero attached hydrogens (tertiary/aromatic N) is 2. The SMILES string of the molecule is CC[C@H]1O[C@@H](n2cc(C)c(=O)[nH]c2=O)CC1OC(=O)OCCN(Cc1ccccc1)CC1CCCN1. The Labute approximate surface area is 210 Å². The Morgan fingerprint density at radius 1 is 1.25 bits per heavy atom. The van der Waals surface area contributed by atoms with Gasteiger partial charge in [-0.2, -0.15) is 0 Å². The van der Waals surface area contributed by atoms with Gasteiger partial charge < -0.3 is 19.5 Å². The highest BCUT2D eigenvalue weighted by Crippen LogP contribution is 2.31. The van der Waals surface area contributed by atoms with Crippen LogP contribution < -0.4 is 16.6 Å². The third-order valence-corrected chi connectivity index (χ3v) is 6.80. The van der Waals surface area contributed by atoms with E-state index in [-0.39, 0.29) is 12.7 Å². The first-order valence-electron chi connectivity index (χ1n) is 12.7. The zero-order chi connectivity index (χ0) is 25.5. The van der Waals surface area contributed by atoms with Crippen molar-refractivity contribution in [3.8, 4) is 0 Å². The van der Waals surface area contributed by atoms with E-state index in [2.05, 4.69) is 27.3 Å². The van der Waals surface area contributed by atoms with Gasteiger partial charge in [-0.1, -0.05) is 37.3 Å². The third-order valence-electron chi connectivity index (χ3n) is 6.80. The summed E-state index contributed by atoms with van der Waals surface area (Å²) in [6, 6.07) is 10.7. The van der Waals surface area contributed by atoms with Crippen LogP contribution >= 0.6 is 0 Å². The molecule has 2 fully saturated rings. The second-order valence-electron chi connectivity index (χ2n) is 9.52. The molecule has 4 atom stereocenters. The highest BCUT2D eigenvalue weighted by atomic mass is 16.7. The van der Waals surface area contributed by atoms with Gasteiger partial charge >= 0.3 is 11.8 Å². The number of hydrogen-bond donors (Lipinski definition) is 2. The van der Waals surface area contributed by atoms with Crippen LogP contribution in [0.15, 0.2) is 46.1 Å². The third kappa shape index (κ3) is 6.83. The zero-order valence-electron chi connectivity index (χ0n) is 21.0. The topological polar surface area (TPSA) is 115 Å². The summed E-state index contributed by atoms with van der Waals surface area (Å²) >= 11 is 0. The molecular weight excluding hydrogens is 464 g/mol. The minimum Gasteiger partial charge on any atom is -0.433 e. The van der Waals surface area contributed by atoms with Crippen molar-refractivity contribution in [2.24, 2.45) is 0 Å². The molecule has 3 heterocycles. The van der Waals surface area contributed by atoms with Gasteiger partial charge in [-0.25, -0.2) is 9.59 Å². The van der Waals surface area contributed by atoms with Gasteiger partial charge in [0.25, 0.3) is 5.56 Å². The maximum Gasteiger partial charge on any atom is 0.508 e. The fourth-order valence-corrected chi connectivity index (χ4v) is 4.87. The predicted molar refractivity (Wildman–Crippen MR) is 134 cm³/mol. The fraction of sp³-hybridized carbons (Fsp3) is 0.577. The van der Waals surface area contributed by atoms with Gasteiger partial charge in [-0.05, 0) is 38.3 Å². The number of carbonyl (C=O) groups is 1. The van der Waals surface area contributed by atoms with Crippen molar-refractivity contribution in [2.75, 3.05) is 26.2 Å². The van der Waals surface area contributed by atoms with E-state index >= 15 is 0 Å². The van der Waals surface area contributed by atoms with E-state index in [1.54, 1.807) is 6.92 Å². The molecule has 0 spiro atoms. The molecule has 2 aromatic rings. The number of carbonyl (C=O) groups excluding carboxylic acids is 1. The molecule has 2 saturated heterocycles. The molecule has 1 aromatic carbocycles. The molecule has 10 nitrogen and oxygen atoms in total. The number of nitrogens with one attached hydrogen (secondary N) is 2. The van der Waals surface area contributed by atoms with E-state index in [1.807, 2.05) is 25.1 Å². The van der Waals surface area contributed by atoms with Crippen molar-refractivity contribution in [3.63, 3.8) is 0 Å². The predicted octanol–water partition coefficient (Wildman–Crippen LogP) is 2.32. The summed E-state index contributed by atoms with van der Waals surface area (Å²) in [5.41, 5.74) is 0.639. The second-order valence-corrected chi connectivity index (χ2v) is 9.52. The van der Waals surface area contributed by atoms with Crippen LogP contribution in [-0.4, -0.2) is 65.1 Å². The normalized spacial score (nSPS) is 23.8. The minimum atomic E-state index is -0.744. The summed E-state index contributed by atoms with van der Waals surface area (Å²) in [5.74, 6) is 0. The van der Waals surface area contributed by atoms with Gasteiger partial charge in [0.15, 0.2) is 0 Å². The number of aryl methyl sites for hydroxylation is 1. The molecule has 0 bridgehead atoms. The molecule has 10 heteroatoms. The van der Waals surface area contributed by atoms with Crippen molar-refractivity contribution in [1.29, 1.82) is 0 Å². The summed E-state index contributed by atoms with van der Waals surface area (Å²) in [6.07, 6.45) is 2.41. The number of rotatable bonds is 10. The lowest BCUT2D eigenvalue weighted by Crippen LogP contribution is -2.39. The van der Waals surface area contributed by atoms with Gasteiger partial charge in [0.1, 0.15) is 18.9 Å². The molecule has 2 aliphatic heterocycles. The van der Waals surface area contributed by atoms with Crippen LogP contribution in [0.5, 0.6) is 0 Å². The Balaban J connectivity index is 1.30. The maximum absolute atomic E-state index is 12.5. The lowest BCUT2D eigenvalue weighted by molar-refractivity contribution is -0.0383. The van der Waals surface area contributed by atoms with Crippen molar-refractivity contribution in [3.05, 3.63) is 68.5 Å². The first-order chi connectivity index (χ1) is 17.4. The average molecular weight is 501 g/mol. The Morgan fingerprint density at radius 2 is 2.06 bits per heavy atom. The summed E-state index contributed by atoms with van der Waals surface area (Å²) in [7, 11) is 0. The van der Waals surface area contributed by atoms with Crippen LogP contribution in [0.25, 0.3) is 0 Å². The number of aromatic amines is 1. The molecule has 0 aliphatic carbocycles. The van der Waals surface area contributed by atoms with Crippen LogP contribution in [0.2, 0.25) is 0 Å². The van der Waals surface area contributed by atoms with E-state index in [9.17, 15) is 14.4 Å². The molecular formula is C26H36N4O6. The Bertz CT molecular complexity index is 1110. The number of hydrogen-bond acceptors (Lipinski definition) is 8. The number of aromatic nitrogens is 2. The van der Waals surface area contributed by atoms with Crippen molar-refractivity contribution in [1.82, 2.24) is 19.8 Å². The van der Waals surface area contributed by atoms with E-state index in [1.165, 1.54) is 22.7 Å². The first-order valence-corrected chi connectivity index (χ1v) is 12.7. The van der Waals surface area contributed by atoms with Crippen molar-refractivity contribution in [2.45, 2.75) is 70.6 Å². The minimum absolute atomic E-state index is 0.213. The monoisotopic (exact) mass is 500 g/mol. The smallest absolute Gasteiger partial charge is 0.433 e. The molecule has 4 rings (SSSR count). The Hall–Kier alpha value is -2.95. The lowest BCUT2D eigenvalue weighted by atomic mass is 10.1. The molecule has 2 aliphatic rings. The average Bonchev–Trinajstić information content (AvgIpc) is 3.51. The quantitative estimate of drug-likeness (QED) is 0.478.